The van der Waals surface area contributed by atoms with E-state index >= 15 is 0 Å². The molecule has 0 aliphatic heterocycles. The van der Waals surface area contributed by atoms with Crippen molar-refractivity contribution in [2.24, 2.45) is 0 Å². The molecule has 0 fully saturated rings. The first-order valence-corrected chi connectivity index (χ1v) is 8.12. The molecule has 0 spiro atoms. The monoisotopic (exact) mass is 349 g/mol. The SMILES string of the molecule is CCOC(=O)CS(=O)(=O)Nc1cc(C)c(Br)c(C)c1. The molecule has 1 aromatic carbocycles. The van der Waals surface area contributed by atoms with Crippen molar-refractivity contribution in [1.82, 2.24) is 0 Å². The number of hydrogen-bond acceptors (Lipinski definition) is 4. The fraction of sp³-hybridized carbons (Fsp3) is 0.417. The number of rotatable bonds is 5. The lowest BCUT2D eigenvalue weighted by Gasteiger charge is -2.11. The van der Waals surface area contributed by atoms with Crippen molar-refractivity contribution in [2.45, 2.75) is 20.8 Å². The van der Waals surface area contributed by atoms with E-state index in [4.69, 9.17) is 0 Å². The van der Waals surface area contributed by atoms with Crippen molar-refractivity contribution in [2.75, 3.05) is 17.1 Å². The van der Waals surface area contributed by atoms with E-state index in [-0.39, 0.29) is 6.61 Å². The Kier molecular flexibility index (Phi) is 5.37. The number of esters is 1. The largest absolute Gasteiger partial charge is 0.465 e. The van der Waals surface area contributed by atoms with Crippen molar-refractivity contribution >= 4 is 37.6 Å². The number of aryl methyl sites for hydroxylation is 2. The Morgan fingerprint density at radius 1 is 1.32 bits per heavy atom. The number of ether oxygens (including phenoxy) is 1. The minimum atomic E-state index is -3.74. The van der Waals surface area contributed by atoms with Crippen molar-refractivity contribution in [3.05, 3.63) is 27.7 Å². The normalized spacial score (nSPS) is 11.2. The molecule has 1 aromatic rings. The third kappa shape index (κ3) is 4.83. The van der Waals surface area contributed by atoms with Crippen LogP contribution >= 0.6 is 15.9 Å². The number of carbonyl (C=O) groups excluding carboxylic acids is 1. The van der Waals surface area contributed by atoms with Crippen molar-refractivity contribution in [3.8, 4) is 0 Å². The predicted octanol–water partition coefficient (Wildman–Crippen LogP) is 2.37. The van der Waals surface area contributed by atoms with E-state index in [1.165, 1.54) is 0 Å². The molecule has 0 heterocycles. The molecule has 0 saturated heterocycles. The van der Waals surface area contributed by atoms with Gasteiger partial charge in [-0.2, -0.15) is 0 Å². The molecule has 0 aliphatic rings. The first kappa shape index (κ1) is 16.0. The number of carbonyl (C=O) groups is 1. The first-order valence-electron chi connectivity index (χ1n) is 5.68. The van der Waals surface area contributed by atoms with Gasteiger partial charge < -0.3 is 4.74 Å². The molecule has 0 aromatic heterocycles. The highest BCUT2D eigenvalue weighted by atomic mass is 79.9. The summed E-state index contributed by atoms with van der Waals surface area (Å²) in [5.74, 6) is -1.45. The minimum Gasteiger partial charge on any atom is -0.465 e. The highest BCUT2D eigenvalue weighted by Crippen LogP contribution is 2.25. The number of hydrogen-bond donors (Lipinski definition) is 1. The fourth-order valence-corrected chi connectivity index (χ4v) is 2.75. The molecule has 0 aliphatic carbocycles. The lowest BCUT2D eigenvalue weighted by atomic mass is 10.1. The van der Waals surface area contributed by atoms with Gasteiger partial charge in [0, 0.05) is 10.2 Å². The summed E-state index contributed by atoms with van der Waals surface area (Å²) in [6, 6.07) is 3.39. The summed E-state index contributed by atoms with van der Waals surface area (Å²) in [4.78, 5) is 11.2. The smallest absolute Gasteiger partial charge is 0.323 e. The molecule has 0 amide bonds. The van der Waals surface area contributed by atoms with Gasteiger partial charge in [-0.15, -0.1) is 0 Å². The summed E-state index contributed by atoms with van der Waals surface area (Å²) in [5.41, 5.74) is 2.25. The first-order chi connectivity index (χ1) is 8.75. The number of benzene rings is 1. The Balaban J connectivity index is 2.87. The molecular weight excluding hydrogens is 334 g/mol. The number of halogens is 1. The highest BCUT2D eigenvalue weighted by molar-refractivity contribution is 9.10. The quantitative estimate of drug-likeness (QED) is 0.828. The van der Waals surface area contributed by atoms with Gasteiger partial charge in [0.2, 0.25) is 10.0 Å². The summed E-state index contributed by atoms with van der Waals surface area (Å²) in [6.07, 6.45) is 0. The van der Waals surface area contributed by atoms with Crippen LogP contribution in [0.1, 0.15) is 18.1 Å². The molecule has 7 heteroatoms. The van der Waals surface area contributed by atoms with Gasteiger partial charge in [-0.05, 0) is 44.0 Å². The molecule has 0 atom stereocenters. The molecule has 0 bridgehead atoms. The highest BCUT2D eigenvalue weighted by Gasteiger charge is 2.18. The van der Waals surface area contributed by atoms with E-state index in [1.807, 2.05) is 13.8 Å². The van der Waals surface area contributed by atoms with Gasteiger partial charge in [-0.3, -0.25) is 9.52 Å². The summed E-state index contributed by atoms with van der Waals surface area (Å²) in [5, 5.41) is 0. The second-order valence-corrected chi connectivity index (χ2v) is 6.61. The maximum absolute atomic E-state index is 11.8. The number of nitrogens with one attached hydrogen (secondary N) is 1. The number of anilines is 1. The van der Waals surface area contributed by atoms with Crippen molar-refractivity contribution in [3.63, 3.8) is 0 Å². The third-order valence-corrected chi connectivity index (χ3v) is 4.74. The zero-order valence-electron chi connectivity index (χ0n) is 11.0. The van der Waals surface area contributed by atoms with Crippen LogP contribution in [-0.4, -0.2) is 26.7 Å². The van der Waals surface area contributed by atoms with Gasteiger partial charge in [0.25, 0.3) is 0 Å². The van der Waals surface area contributed by atoms with Gasteiger partial charge in [0.1, 0.15) is 0 Å². The zero-order valence-corrected chi connectivity index (χ0v) is 13.4. The van der Waals surface area contributed by atoms with E-state index in [0.717, 1.165) is 15.6 Å². The van der Waals surface area contributed by atoms with Crippen molar-refractivity contribution < 1.29 is 17.9 Å². The Bertz CT molecular complexity index is 560. The van der Waals surface area contributed by atoms with Crippen LogP contribution in [0.25, 0.3) is 0 Å². The van der Waals surface area contributed by atoms with Crippen LogP contribution in [0.2, 0.25) is 0 Å². The van der Waals surface area contributed by atoms with E-state index in [9.17, 15) is 13.2 Å². The van der Waals surface area contributed by atoms with Crippen LogP contribution in [0.3, 0.4) is 0 Å². The van der Waals surface area contributed by atoms with E-state index in [1.54, 1.807) is 19.1 Å². The van der Waals surface area contributed by atoms with Gasteiger partial charge in [0.15, 0.2) is 5.75 Å². The summed E-state index contributed by atoms with van der Waals surface area (Å²) in [6.45, 7) is 5.50. The standard InChI is InChI=1S/C12H16BrNO4S/c1-4-18-11(15)7-19(16,17)14-10-5-8(2)12(13)9(3)6-10/h5-6,14H,4,7H2,1-3H3. The Morgan fingerprint density at radius 3 is 2.32 bits per heavy atom. The van der Waals surface area contributed by atoms with Crippen LogP contribution in [0.5, 0.6) is 0 Å². The molecular formula is C12H16BrNO4S. The van der Waals surface area contributed by atoms with Gasteiger partial charge in [-0.25, -0.2) is 8.42 Å². The van der Waals surface area contributed by atoms with E-state index in [0.29, 0.717) is 5.69 Å². The Labute approximate surface area is 121 Å². The summed E-state index contributed by atoms with van der Waals surface area (Å²) >= 11 is 3.40. The molecule has 0 saturated carbocycles. The lowest BCUT2D eigenvalue weighted by molar-refractivity contribution is -0.139. The lowest BCUT2D eigenvalue weighted by Crippen LogP contribution is -2.24. The number of sulfonamides is 1. The average Bonchev–Trinajstić information content (AvgIpc) is 2.24. The van der Waals surface area contributed by atoms with Crippen LogP contribution in [-0.2, 0) is 19.6 Å². The third-order valence-electron chi connectivity index (χ3n) is 2.32. The molecule has 5 nitrogen and oxygen atoms in total. The van der Waals surface area contributed by atoms with Gasteiger partial charge in [-0.1, -0.05) is 15.9 Å². The van der Waals surface area contributed by atoms with Crippen LogP contribution < -0.4 is 4.72 Å². The zero-order chi connectivity index (χ0) is 14.6. The summed E-state index contributed by atoms with van der Waals surface area (Å²) in [7, 11) is -3.74. The molecule has 1 N–H and O–H groups in total. The van der Waals surface area contributed by atoms with E-state index in [2.05, 4.69) is 25.4 Å². The minimum absolute atomic E-state index is 0.158. The Morgan fingerprint density at radius 2 is 1.84 bits per heavy atom. The molecule has 0 radical (unpaired) electrons. The van der Waals surface area contributed by atoms with E-state index < -0.39 is 21.7 Å². The maximum Gasteiger partial charge on any atom is 0.323 e. The second kappa shape index (κ2) is 6.38. The molecule has 106 valence electrons. The van der Waals surface area contributed by atoms with Crippen LogP contribution in [0.15, 0.2) is 16.6 Å². The second-order valence-electron chi connectivity index (χ2n) is 4.09. The Hall–Kier alpha value is -1.08. The van der Waals surface area contributed by atoms with Crippen molar-refractivity contribution in [1.29, 1.82) is 0 Å². The van der Waals surface area contributed by atoms with Crippen LogP contribution in [0, 0.1) is 13.8 Å². The van der Waals surface area contributed by atoms with Crippen LogP contribution in [0.4, 0.5) is 5.69 Å². The summed E-state index contributed by atoms with van der Waals surface area (Å²) < 4.78 is 31.5. The van der Waals surface area contributed by atoms with Gasteiger partial charge in [0.05, 0.1) is 6.61 Å². The maximum atomic E-state index is 11.8. The average molecular weight is 350 g/mol. The molecule has 1 rings (SSSR count). The molecule has 0 unspecified atom stereocenters. The fourth-order valence-electron chi connectivity index (χ4n) is 1.58. The predicted molar refractivity (Wildman–Crippen MR) is 77.7 cm³/mol. The van der Waals surface area contributed by atoms with Gasteiger partial charge >= 0.3 is 5.97 Å². The molecule has 19 heavy (non-hydrogen) atoms. The topological polar surface area (TPSA) is 72.5 Å².